The number of rotatable bonds is 5. The standard InChI is InChI=1S/C24H20N2O/c1-4-10-19(11-5-1)24(20-12-6-2-7-13-20,21-14-8-3-9-15-21)26-16-22(25-18-26)23-17-27-23/h1-16,18,23H,17H2. The topological polar surface area (TPSA) is 30.4 Å². The summed E-state index contributed by atoms with van der Waals surface area (Å²) in [6.45, 7) is 0.756. The van der Waals surface area contributed by atoms with Crippen molar-refractivity contribution in [1.82, 2.24) is 9.55 Å². The van der Waals surface area contributed by atoms with Crippen LogP contribution in [0.25, 0.3) is 0 Å². The number of epoxide rings is 1. The summed E-state index contributed by atoms with van der Waals surface area (Å²) in [5, 5.41) is 0. The van der Waals surface area contributed by atoms with E-state index in [0.717, 1.165) is 12.3 Å². The smallest absolute Gasteiger partial charge is 0.124 e. The average Bonchev–Trinajstić information content (AvgIpc) is 3.49. The first-order valence-electron chi connectivity index (χ1n) is 9.21. The van der Waals surface area contributed by atoms with Gasteiger partial charge in [-0.25, -0.2) is 4.98 Å². The van der Waals surface area contributed by atoms with Crippen LogP contribution in [0, 0.1) is 0 Å². The second kappa shape index (κ2) is 6.53. The van der Waals surface area contributed by atoms with Crippen molar-refractivity contribution in [2.24, 2.45) is 0 Å². The van der Waals surface area contributed by atoms with Gasteiger partial charge in [-0.3, -0.25) is 0 Å². The van der Waals surface area contributed by atoms with Crippen molar-refractivity contribution < 1.29 is 4.74 Å². The minimum atomic E-state index is -0.496. The van der Waals surface area contributed by atoms with Crippen molar-refractivity contribution in [2.75, 3.05) is 6.61 Å². The molecule has 0 saturated carbocycles. The van der Waals surface area contributed by atoms with Crippen molar-refractivity contribution >= 4 is 0 Å². The minimum Gasteiger partial charge on any atom is -0.366 e. The second-order valence-electron chi connectivity index (χ2n) is 6.84. The quantitative estimate of drug-likeness (QED) is 0.382. The molecule has 1 atom stereocenters. The maximum atomic E-state index is 5.46. The van der Waals surface area contributed by atoms with Gasteiger partial charge in [-0.2, -0.15) is 0 Å². The van der Waals surface area contributed by atoms with Crippen LogP contribution in [0.4, 0.5) is 0 Å². The molecule has 3 aromatic carbocycles. The van der Waals surface area contributed by atoms with Crippen LogP contribution in [-0.4, -0.2) is 16.2 Å². The first-order chi connectivity index (χ1) is 13.4. The molecular formula is C24H20N2O. The number of imidazole rings is 1. The molecule has 1 unspecified atom stereocenters. The summed E-state index contributed by atoms with van der Waals surface area (Å²) < 4.78 is 7.69. The summed E-state index contributed by atoms with van der Waals surface area (Å²) in [7, 11) is 0. The lowest BCUT2D eigenvalue weighted by molar-refractivity contribution is 0.411. The van der Waals surface area contributed by atoms with Crippen LogP contribution in [0.3, 0.4) is 0 Å². The van der Waals surface area contributed by atoms with Crippen LogP contribution in [0.1, 0.15) is 28.5 Å². The highest BCUT2D eigenvalue weighted by Gasteiger charge is 2.39. The summed E-state index contributed by atoms with van der Waals surface area (Å²) in [5.41, 5.74) is 4.08. The highest BCUT2D eigenvalue weighted by Crippen LogP contribution is 2.41. The summed E-state index contributed by atoms with van der Waals surface area (Å²) in [4.78, 5) is 4.66. The van der Waals surface area contributed by atoms with E-state index in [1.807, 2.05) is 6.33 Å². The number of aromatic nitrogens is 2. The third-order valence-electron chi connectivity index (χ3n) is 5.23. The molecule has 1 aliphatic heterocycles. The van der Waals surface area contributed by atoms with E-state index >= 15 is 0 Å². The summed E-state index contributed by atoms with van der Waals surface area (Å²) in [6, 6.07) is 31.9. The molecule has 0 aliphatic carbocycles. The van der Waals surface area contributed by atoms with E-state index in [0.29, 0.717) is 0 Å². The molecule has 1 saturated heterocycles. The second-order valence-corrected chi connectivity index (χ2v) is 6.84. The molecule has 1 aliphatic rings. The molecule has 1 aromatic heterocycles. The predicted molar refractivity (Wildman–Crippen MR) is 106 cm³/mol. The van der Waals surface area contributed by atoms with Gasteiger partial charge in [0.1, 0.15) is 11.6 Å². The zero-order chi connectivity index (χ0) is 18.1. The molecule has 0 bridgehead atoms. The Morgan fingerprint density at radius 2 is 1.19 bits per heavy atom. The number of benzene rings is 3. The zero-order valence-electron chi connectivity index (χ0n) is 14.9. The maximum absolute atomic E-state index is 5.46. The molecule has 4 aromatic rings. The summed E-state index contributed by atoms with van der Waals surface area (Å²) >= 11 is 0. The molecule has 0 spiro atoms. The molecule has 27 heavy (non-hydrogen) atoms. The summed E-state index contributed by atoms with van der Waals surface area (Å²) in [6.07, 6.45) is 4.19. The molecule has 3 heteroatoms. The molecule has 132 valence electrons. The first-order valence-corrected chi connectivity index (χ1v) is 9.21. The normalized spacial score (nSPS) is 16.2. The number of hydrogen-bond donors (Lipinski definition) is 0. The van der Waals surface area contributed by atoms with Gasteiger partial charge in [0, 0.05) is 6.20 Å². The third-order valence-corrected chi connectivity index (χ3v) is 5.23. The molecule has 0 amide bonds. The van der Waals surface area contributed by atoms with Gasteiger partial charge in [0.2, 0.25) is 0 Å². The van der Waals surface area contributed by atoms with E-state index < -0.39 is 5.54 Å². The third kappa shape index (κ3) is 2.68. The lowest BCUT2D eigenvalue weighted by Gasteiger charge is -2.37. The fraction of sp³-hybridized carbons (Fsp3) is 0.125. The monoisotopic (exact) mass is 352 g/mol. The van der Waals surface area contributed by atoms with Crippen LogP contribution in [-0.2, 0) is 10.3 Å². The number of nitrogens with zero attached hydrogens (tertiary/aromatic N) is 2. The molecular weight excluding hydrogens is 332 g/mol. The lowest BCUT2D eigenvalue weighted by atomic mass is 9.77. The maximum Gasteiger partial charge on any atom is 0.124 e. The summed E-state index contributed by atoms with van der Waals surface area (Å²) in [5.74, 6) is 0. The van der Waals surface area contributed by atoms with Crippen molar-refractivity contribution in [3.8, 4) is 0 Å². The van der Waals surface area contributed by atoms with Gasteiger partial charge in [0.15, 0.2) is 0 Å². The van der Waals surface area contributed by atoms with Gasteiger partial charge in [0.05, 0.1) is 18.6 Å². The Morgan fingerprint density at radius 3 is 1.59 bits per heavy atom. The van der Waals surface area contributed by atoms with E-state index in [4.69, 9.17) is 4.74 Å². The molecule has 3 nitrogen and oxygen atoms in total. The van der Waals surface area contributed by atoms with Gasteiger partial charge in [-0.05, 0) is 16.7 Å². The fourth-order valence-electron chi connectivity index (χ4n) is 3.89. The molecule has 1 fully saturated rings. The Kier molecular flexibility index (Phi) is 3.88. The molecule has 2 heterocycles. The first kappa shape index (κ1) is 16.0. The minimum absolute atomic E-state index is 0.131. The molecule has 0 radical (unpaired) electrons. The highest BCUT2D eigenvalue weighted by atomic mass is 16.6. The van der Waals surface area contributed by atoms with Crippen LogP contribution < -0.4 is 0 Å². The van der Waals surface area contributed by atoms with Crippen molar-refractivity contribution in [1.29, 1.82) is 0 Å². The highest BCUT2D eigenvalue weighted by molar-refractivity contribution is 5.50. The van der Waals surface area contributed by atoms with Gasteiger partial charge in [-0.1, -0.05) is 91.0 Å². The van der Waals surface area contributed by atoms with Gasteiger partial charge < -0.3 is 9.30 Å². The number of hydrogen-bond acceptors (Lipinski definition) is 2. The van der Waals surface area contributed by atoms with E-state index in [1.165, 1.54) is 16.7 Å². The van der Waals surface area contributed by atoms with E-state index in [1.54, 1.807) is 0 Å². The van der Waals surface area contributed by atoms with Crippen molar-refractivity contribution in [3.05, 3.63) is 126 Å². The van der Waals surface area contributed by atoms with Gasteiger partial charge in [0.25, 0.3) is 0 Å². The SMILES string of the molecule is c1ccc(C(c2ccccc2)(c2ccccc2)n2cnc(C3CO3)c2)cc1. The zero-order valence-corrected chi connectivity index (χ0v) is 14.9. The van der Waals surface area contributed by atoms with Gasteiger partial charge >= 0.3 is 0 Å². The fourth-order valence-corrected chi connectivity index (χ4v) is 3.89. The van der Waals surface area contributed by atoms with Crippen LogP contribution in [0.15, 0.2) is 104 Å². The Balaban J connectivity index is 1.84. The molecule has 0 N–H and O–H groups in total. The lowest BCUT2D eigenvalue weighted by Crippen LogP contribution is -2.36. The Morgan fingerprint density at radius 1 is 0.741 bits per heavy atom. The van der Waals surface area contributed by atoms with Crippen LogP contribution >= 0.6 is 0 Å². The predicted octanol–water partition coefficient (Wildman–Crippen LogP) is 4.79. The Bertz CT molecular complexity index is 925. The van der Waals surface area contributed by atoms with Crippen molar-refractivity contribution in [2.45, 2.75) is 11.6 Å². The van der Waals surface area contributed by atoms with Crippen LogP contribution in [0.5, 0.6) is 0 Å². The Labute approximate surface area is 158 Å². The van der Waals surface area contributed by atoms with E-state index in [2.05, 4.69) is 107 Å². The average molecular weight is 352 g/mol. The van der Waals surface area contributed by atoms with Crippen LogP contribution in [0.2, 0.25) is 0 Å². The molecule has 5 rings (SSSR count). The van der Waals surface area contributed by atoms with Crippen molar-refractivity contribution in [3.63, 3.8) is 0 Å². The van der Waals surface area contributed by atoms with E-state index in [9.17, 15) is 0 Å². The number of ether oxygens (including phenoxy) is 1. The Hall–Kier alpha value is -3.17. The largest absolute Gasteiger partial charge is 0.366 e. The van der Waals surface area contributed by atoms with E-state index in [-0.39, 0.29) is 6.10 Å². The van der Waals surface area contributed by atoms with Gasteiger partial charge in [-0.15, -0.1) is 0 Å².